The molecule has 1 aliphatic rings. The van der Waals surface area contributed by atoms with Crippen molar-refractivity contribution in [2.24, 2.45) is 0 Å². The monoisotopic (exact) mass is 295 g/mol. The average molecular weight is 295 g/mol. The van der Waals surface area contributed by atoms with E-state index in [1.807, 2.05) is 0 Å². The molecule has 0 spiro atoms. The van der Waals surface area contributed by atoms with Gasteiger partial charge in [-0.05, 0) is 26.0 Å². The molecule has 20 heavy (non-hydrogen) atoms. The minimum Gasteiger partial charge on any atom is -0.466 e. The van der Waals surface area contributed by atoms with Gasteiger partial charge in [-0.15, -0.1) is 0 Å². The lowest BCUT2D eigenvalue weighted by atomic mass is 10.1. The molecule has 0 N–H and O–H groups in total. The highest BCUT2D eigenvalue weighted by molar-refractivity contribution is 7.87. The maximum Gasteiger partial charge on any atom is 0.309 e. The van der Waals surface area contributed by atoms with E-state index in [4.69, 9.17) is 4.74 Å². The maximum atomic E-state index is 12.7. The molecule has 1 heterocycles. The summed E-state index contributed by atoms with van der Waals surface area (Å²) in [6, 6.07) is 7.01. The molecule has 1 amide bonds. The van der Waals surface area contributed by atoms with Crippen LogP contribution >= 0.6 is 0 Å². The van der Waals surface area contributed by atoms with Gasteiger partial charge < -0.3 is 4.74 Å². The van der Waals surface area contributed by atoms with Crippen LogP contribution < -0.4 is 4.90 Å². The number of nitrogens with zero attached hydrogens (tertiary/aromatic N) is 1. The van der Waals surface area contributed by atoms with Crippen LogP contribution in [0.15, 0.2) is 29.2 Å². The second-order valence-corrected chi connectivity index (χ2v) is 6.60. The largest absolute Gasteiger partial charge is 0.466 e. The fourth-order valence-electron chi connectivity index (χ4n) is 2.50. The molecule has 1 aliphatic heterocycles. The molecular weight excluding hydrogens is 278 g/mol. The van der Waals surface area contributed by atoms with E-state index in [0.29, 0.717) is 10.6 Å². The number of anilines is 1. The van der Waals surface area contributed by atoms with Gasteiger partial charge in [-0.2, -0.15) is 0 Å². The molecular formula is C14H17NO4S. The number of carbonyl (C=O) groups is 2. The number of ether oxygens (including phenoxy) is 1. The number of para-hydroxylation sites is 1. The molecule has 0 bridgehead atoms. The van der Waals surface area contributed by atoms with Crippen LogP contribution in [-0.4, -0.2) is 27.6 Å². The van der Waals surface area contributed by atoms with Crippen molar-refractivity contribution in [1.82, 2.24) is 0 Å². The van der Waals surface area contributed by atoms with Gasteiger partial charge in [-0.25, -0.2) is 0 Å². The van der Waals surface area contributed by atoms with Gasteiger partial charge in [0.05, 0.1) is 34.4 Å². The second kappa shape index (κ2) is 5.36. The van der Waals surface area contributed by atoms with Crippen LogP contribution in [0.1, 0.15) is 27.2 Å². The Morgan fingerprint density at radius 2 is 2.00 bits per heavy atom. The minimum atomic E-state index is -1.47. The smallest absolute Gasteiger partial charge is 0.309 e. The summed E-state index contributed by atoms with van der Waals surface area (Å²) in [5, 5.41) is 0. The van der Waals surface area contributed by atoms with Gasteiger partial charge in [0.25, 0.3) is 0 Å². The molecule has 0 aliphatic carbocycles. The Balaban J connectivity index is 2.45. The molecule has 2 rings (SSSR count). The molecule has 5 nitrogen and oxygen atoms in total. The van der Waals surface area contributed by atoms with Crippen molar-refractivity contribution in [2.75, 3.05) is 11.5 Å². The molecule has 1 aromatic rings. The molecule has 0 fully saturated rings. The van der Waals surface area contributed by atoms with Crippen molar-refractivity contribution in [1.29, 1.82) is 0 Å². The second-order valence-electron chi connectivity index (χ2n) is 4.75. The highest BCUT2D eigenvalue weighted by Crippen LogP contribution is 2.44. The zero-order valence-corrected chi connectivity index (χ0v) is 12.5. The van der Waals surface area contributed by atoms with Crippen LogP contribution in [0.25, 0.3) is 0 Å². The van der Waals surface area contributed by atoms with Gasteiger partial charge in [-0.1, -0.05) is 12.1 Å². The van der Waals surface area contributed by atoms with E-state index >= 15 is 0 Å². The van der Waals surface area contributed by atoms with Crippen molar-refractivity contribution in [2.45, 2.75) is 37.0 Å². The minimum absolute atomic E-state index is 0.0955. The molecule has 6 heteroatoms. The third kappa shape index (κ3) is 2.24. The van der Waals surface area contributed by atoms with Gasteiger partial charge in [0.1, 0.15) is 4.87 Å². The number of amides is 1. The molecule has 0 radical (unpaired) electrons. The first-order valence-electron chi connectivity index (χ1n) is 6.39. The van der Waals surface area contributed by atoms with Crippen molar-refractivity contribution in [3.05, 3.63) is 24.3 Å². The number of hydrogen-bond donors (Lipinski definition) is 0. The molecule has 1 unspecified atom stereocenters. The Morgan fingerprint density at radius 3 is 2.60 bits per heavy atom. The predicted molar refractivity (Wildman–Crippen MR) is 75.7 cm³/mol. The van der Waals surface area contributed by atoms with E-state index < -0.39 is 21.6 Å². The number of fused-ring (bicyclic) bond motifs is 1. The van der Waals surface area contributed by atoms with Gasteiger partial charge in [0.2, 0.25) is 5.91 Å². The van der Waals surface area contributed by atoms with Crippen molar-refractivity contribution in [3.63, 3.8) is 0 Å². The van der Waals surface area contributed by atoms with E-state index in [1.54, 1.807) is 38.1 Å². The standard InChI is InChI=1S/C14H17NO4S/c1-4-19-13(17)9-14(3)15(10(2)16)11-7-5-6-8-12(11)20(14)18/h5-8H,4,9H2,1-3H3/t14-,20?/m1/s1. The Morgan fingerprint density at radius 1 is 1.35 bits per heavy atom. The normalized spacial score (nSPS) is 24.4. The number of hydrogen-bond acceptors (Lipinski definition) is 4. The van der Waals surface area contributed by atoms with Crippen LogP contribution in [0.3, 0.4) is 0 Å². The lowest BCUT2D eigenvalue weighted by molar-refractivity contribution is -0.143. The summed E-state index contributed by atoms with van der Waals surface area (Å²) in [5.41, 5.74) is 0.602. The number of benzene rings is 1. The van der Waals surface area contributed by atoms with Crippen molar-refractivity contribution >= 4 is 28.4 Å². The summed E-state index contributed by atoms with van der Waals surface area (Å²) < 4.78 is 17.6. The zero-order chi connectivity index (χ0) is 14.9. The number of esters is 1. The molecule has 1 aromatic carbocycles. The average Bonchev–Trinajstić information content (AvgIpc) is 2.59. The summed E-state index contributed by atoms with van der Waals surface area (Å²) >= 11 is 0. The maximum absolute atomic E-state index is 12.7. The zero-order valence-electron chi connectivity index (χ0n) is 11.7. The summed E-state index contributed by atoms with van der Waals surface area (Å²) in [5.74, 6) is -0.697. The fraction of sp³-hybridized carbons (Fsp3) is 0.429. The van der Waals surface area contributed by atoms with Crippen LogP contribution in [0.5, 0.6) is 0 Å². The Hall–Kier alpha value is -1.69. The molecule has 0 aromatic heterocycles. The third-order valence-corrected chi connectivity index (χ3v) is 5.14. The lowest BCUT2D eigenvalue weighted by Gasteiger charge is -2.32. The first-order valence-corrected chi connectivity index (χ1v) is 7.54. The summed E-state index contributed by atoms with van der Waals surface area (Å²) in [7, 11) is -1.47. The SMILES string of the molecule is CCOC(=O)C[C@]1(C)N(C(C)=O)c2ccccc2S1=O. The highest BCUT2D eigenvalue weighted by Gasteiger charge is 2.50. The van der Waals surface area contributed by atoms with Gasteiger partial charge in [0, 0.05) is 6.92 Å². The van der Waals surface area contributed by atoms with E-state index in [0.717, 1.165) is 0 Å². The van der Waals surface area contributed by atoms with Gasteiger partial charge in [-0.3, -0.25) is 18.7 Å². The fourth-order valence-corrected chi connectivity index (χ4v) is 4.17. The van der Waals surface area contributed by atoms with Gasteiger partial charge in [0.15, 0.2) is 0 Å². The Kier molecular flexibility index (Phi) is 3.94. The Labute approximate surface area is 120 Å². The van der Waals surface area contributed by atoms with E-state index in [9.17, 15) is 13.8 Å². The highest BCUT2D eigenvalue weighted by atomic mass is 32.2. The molecule has 108 valence electrons. The summed E-state index contributed by atoms with van der Waals surface area (Å²) in [4.78, 5) is 24.6. The first-order chi connectivity index (χ1) is 9.41. The van der Waals surface area contributed by atoms with Gasteiger partial charge >= 0.3 is 5.97 Å². The summed E-state index contributed by atoms with van der Waals surface area (Å²) in [6.07, 6.45) is -0.0955. The molecule has 0 saturated carbocycles. The van der Waals surface area contributed by atoms with Crippen LogP contribution in [0.4, 0.5) is 5.69 Å². The van der Waals surface area contributed by atoms with Crippen LogP contribution in [-0.2, 0) is 25.1 Å². The quantitative estimate of drug-likeness (QED) is 0.798. The van der Waals surface area contributed by atoms with E-state index in [-0.39, 0.29) is 18.9 Å². The predicted octanol–water partition coefficient (Wildman–Crippen LogP) is 1.83. The third-order valence-electron chi connectivity index (χ3n) is 3.27. The molecule has 0 saturated heterocycles. The summed E-state index contributed by atoms with van der Waals surface area (Å²) in [6.45, 7) is 5.03. The Bertz CT molecular complexity index is 586. The van der Waals surface area contributed by atoms with Crippen LogP contribution in [0.2, 0.25) is 0 Å². The van der Waals surface area contributed by atoms with E-state index in [2.05, 4.69) is 0 Å². The number of carbonyl (C=O) groups excluding carboxylic acids is 2. The van der Waals surface area contributed by atoms with Crippen molar-refractivity contribution in [3.8, 4) is 0 Å². The first kappa shape index (κ1) is 14.7. The number of rotatable bonds is 3. The lowest BCUT2D eigenvalue weighted by Crippen LogP contribution is -2.49. The molecule has 2 atom stereocenters. The van der Waals surface area contributed by atoms with Crippen LogP contribution in [0, 0.1) is 0 Å². The van der Waals surface area contributed by atoms with Crippen molar-refractivity contribution < 1.29 is 18.5 Å². The van der Waals surface area contributed by atoms with E-state index in [1.165, 1.54) is 11.8 Å². The topological polar surface area (TPSA) is 63.7 Å².